The van der Waals surface area contributed by atoms with Crippen LogP contribution in [0.1, 0.15) is 51.4 Å². The van der Waals surface area contributed by atoms with E-state index < -0.39 is 0 Å². The predicted molar refractivity (Wildman–Crippen MR) is 65.1 cm³/mol. The molecule has 2 rings (SSSR count). The first-order chi connectivity index (χ1) is 7.36. The van der Waals surface area contributed by atoms with Crippen molar-refractivity contribution in [2.75, 3.05) is 20.1 Å². The van der Waals surface area contributed by atoms with Gasteiger partial charge in [-0.25, -0.2) is 0 Å². The van der Waals surface area contributed by atoms with Crippen LogP contribution in [0.15, 0.2) is 0 Å². The van der Waals surface area contributed by atoms with Crippen LogP contribution in [-0.4, -0.2) is 37.1 Å². The van der Waals surface area contributed by atoms with Gasteiger partial charge in [-0.3, -0.25) is 0 Å². The fraction of sp³-hybridized carbons (Fsp3) is 1.00. The quantitative estimate of drug-likeness (QED) is 0.701. The number of hydrogen-bond acceptors (Lipinski definition) is 2. The van der Waals surface area contributed by atoms with Gasteiger partial charge in [-0.05, 0) is 32.7 Å². The number of nitrogens with one attached hydrogen (secondary N) is 1. The van der Waals surface area contributed by atoms with Gasteiger partial charge < -0.3 is 10.2 Å². The van der Waals surface area contributed by atoms with E-state index in [-0.39, 0.29) is 0 Å². The average molecular weight is 210 g/mol. The molecular weight excluding hydrogens is 184 g/mol. The zero-order chi connectivity index (χ0) is 10.5. The van der Waals surface area contributed by atoms with Gasteiger partial charge in [0, 0.05) is 25.2 Å². The molecule has 88 valence electrons. The highest BCUT2D eigenvalue weighted by Crippen LogP contribution is 2.21. The first-order valence-corrected chi connectivity index (χ1v) is 6.80. The zero-order valence-electron chi connectivity index (χ0n) is 10.2. The van der Waals surface area contributed by atoms with Crippen LogP contribution < -0.4 is 5.32 Å². The Morgan fingerprint density at radius 3 is 2.27 bits per heavy atom. The van der Waals surface area contributed by atoms with Crippen LogP contribution in [0.25, 0.3) is 0 Å². The third-order valence-electron chi connectivity index (χ3n) is 3.92. The Morgan fingerprint density at radius 2 is 1.67 bits per heavy atom. The van der Waals surface area contributed by atoms with Crippen LogP contribution in [0.4, 0.5) is 0 Å². The summed E-state index contributed by atoms with van der Waals surface area (Å²) < 4.78 is 0. The van der Waals surface area contributed by atoms with Gasteiger partial charge in [0.1, 0.15) is 0 Å². The average Bonchev–Trinajstić information content (AvgIpc) is 3.04. The molecule has 0 aromatic carbocycles. The molecule has 15 heavy (non-hydrogen) atoms. The normalized spacial score (nSPS) is 24.4. The molecule has 0 aliphatic heterocycles. The predicted octanol–water partition coefficient (Wildman–Crippen LogP) is 2.39. The minimum Gasteiger partial charge on any atom is -0.313 e. The Hall–Kier alpha value is -0.0800. The molecule has 0 saturated heterocycles. The molecule has 2 fully saturated rings. The molecule has 0 radical (unpaired) electrons. The van der Waals surface area contributed by atoms with Crippen LogP contribution in [0.3, 0.4) is 0 Å². The molecule has 0 spiro atoms. The van der Waals surface area contributed by atoms with E-state index in [1.54, 1.807) is 0 Å². The number of rotatable bonds is 5. The third-order valence-corrected chi connectivity index (χ3v) is 3.92. The summed E-state index contributed by atoms with van der Waals surface area (Å²) >= 11 is 0. The number of likely N-dealkylation sites (N-methyl/N-ethyl adjacent to an activating group) is 1. The van der Waals surface area contributed by atoms with E-state index in [0.29, 0.717) is 0 Å². The summed E-state index contributed by atoms with van der Waals surface area (Å²) in [6, 6.07) is 1.74. The molecule has 0 atom stereocenters. The van der Waals surface area contributed by atoms with Gasteiger partial charge in [0.05, 0.1) is 0 Å². The summed E-state index contributed by atoms with van der Waals surface area (Å²) in [4.78, 5) is 2.58. The lowest BCUT2D eigenvalue weighted by atomic mass is 10.1. The summed E-state index contributed by atoms with van der Waals surface area (Å²) in [5, 5.41) is 3.60. The second-order valence-corrected chi connectivity index (χ2v) is 5.35. The van der Waals surface area contributed by atoms with Gasteiger partial charge in [-0.15, -0.1) is 0 Å². The lowest BCUT2D eigenvalue weighted by Crippen LogP contribution is -2.37. The van der Waals surface area contributed by atoms with Gasteiger partial charge in [-0.1, -0.05) is 25.7 Å². The van der Waals surface area contributed by atoms with Crippen molar-refractivity contribution in [2.24, 2.45) is 0 Å². The molecule has 0 amide bonds. The van der Waals surface area contributed by atoms with Crippen LogP contribution >= 0.6 is 0 Å². The Bertz CT molecular complexity index is 169. The number of hydrogen-bond donors (Lipinski definition) is 1. The maximum absolute atomic E-state index is 3.60. The molecule has 1 N–H and O–H groups in total. The number of nitrogens with zero attached hydrogens (tertiary/aromatic N) is 1. The molecule has 0 unspecified atom stereocenters. The van der Waals surface area contributed by atoms with Crippen LogP contribution in [0.2, 0.25) is 0 Å². The van der Waals surface area contributed by atoms with Crippen molar-refractivity contribution in [1.29, 1.82) is 0 Å². The van der Waals surface area contributed by atoms with E-state index in [1.165, 1.54) is 64.5 Å². The minimum absolute atomic E-state index is 0.868. The van der Waals surface area contributed by atoms with E-state index in [0.717, 1.165) is 12.1 Å². The van der Waals surface area contributed by atoms with Gasteiger partial charge in [-0.2, -0.15) is 0 Å². The highest BCUT2D eigenvalue weighted by molar-refractivity contribution is 4.81. The lowest BCUT2D eigenvalue weighted by molar-refractivity contribution is 0.221. The minimum atomic E-state index is 0.868. The van der Waals surface area contributed by atoms with E-state index in [1.807, 2.05) is 0 Å². The van der Waals surface area contributed by atoms with E-state index in [2.05, 4.69) is 17.3 Å². The summed E-state index contributed by atoms with van der Waals surface area (Å²) in [6.45, 7) is 2.43. The maximum Gasteiger partial charge on any atom is 0.0107 e. The largest absolute Gasteiger partial charge is 0.313 e. The van der Waals surface area contributed by atoms with Gasteiger partial charge in [0.25, 0.3) is 0 Å². The molecule has 2 aliphatic carbocycles. The highest BCUT2D eigenvalue weighted by Gasteiger charge is 2.21. The molecule has 2 nitrogen and oxygen atoms in total. The van der Waals surface area contributed by atoms with Crippen LogP contribution in [0.5, 0.6) is 0 Å². The summed E-state index contributed by atoms with van der Waals surface area (Å²) in [5.74, 6) is 0. The van der Waals surface area contributed by atoms with Crippen molar-refractivity contribution in [3.8, 4) is 0 Å². The molecule has 2 heteroatoms. The van der Waals surface area contributed by atoms with Crippen molar-refractivity contribution in [3.05, 3.63) is 0 Å². The first kappa shape index (κ1) is 11.4. The van der Waals surface area contributed by atoms with E-state index in [9.17, 15) is 0 Å². The molecular formula is C13H26N2. The van der Waals surface area contributed by atoms with Gasteiger partial charge >= 0.3 is 0 Å². The Labute approximate surface area is 94.4 Å². The highest BCUT2D eigenvalue weighted by atomic mass is 15.1. The van der Waals surface area contributed by atoms with E-state index in [4.69, 9.17) is 0 Å². The zero-order valence-corrected chi connectivity index (χ0v) is 10.2. The summed E-state index contributed by atoms with van der Waals surface area (Å²) in [7, 11) is 2.31. The Kier molecular flexibility index (Phi) is 4.45. The van der Waals surface area contributed by atoms with Crippen LogP contribution in [0, 0.1) is 0 Å². The SMILES string of the molecule is CN(CCNC1CC1)C1CCCCCC1. The Morgan fingerprint density at radius 1 is 1.00 bits per heavy atom. The summed E-state index contributed by atoms with van der Waals surface area (Å²) in [6.07, 6.45) is 11.5. The second kappa shape index (κ2) is 5.86. The van der Waals surface area contributed by atoms with Gasteiger partial charge in [0.2, 0.25) is 0 Å². The molecule has 2 aliphatic rings. The fourth-order valence-electron chi connectivity index (χ4n) is 2.61. The van der Waals surface area contributed by atoms with Crippen LogP contribution in [-0.2, 0) is 0 Å². The molecule has 2 saturated carbocycles. The molecule has 0 aromatic heterocycles. The third kappa shape index (κ3) is 4.12. The van der Waals surface area contributed by atoms with Crippen molar-refractivity contribution in [1.82, 2.24) is 10.2 Å². The molecule has 0 bridgehead atoms. The monoisotopic (exact) mass is 210 g/mol. The standard InChI is InChI=1S/C13H26N2/c1-15(11-10-14-12-8-9-12)13-6-4-2-3-5-7-13/h12-14H,2-11H2,1H3. The first-order valence-electron chi connectivity index (χ1n) is 6.80. The van der Waals surface area contributed by atoms with Crippen molar-refractivity contribution < 1.29 is 0 Å². The van der Waals surface area contributed by atoms with E-state index >= 15 is 0 Å². The second-order valence-electron chi connectivity index (χ2n) is 5.35. The summed E-state index contributed by atoms with van der Waals surface area (Å²) in [5.41, 5.74) is 0. The van der Waals surface area contributed by atoms with Crippen molar-refractivity contribution in [2.45, 2.75) is 63.5 Å². The fourth-order valence-corrected chi connectivity index (χ4v) is 2.61. The molecule has 0 aromatic rings. The van der Waals surface area contributed by atoms with Crippen molar-refractivity contribution >= 4 is 0 Å². The smallest absolute Gasteiger partial charge is 0.0107 e. The molecule has 0 heterocycles. The Balaban J connectivity index is 1.61. The van der Waals surface area contributed by atoms with Gasteiger partial charge in [0.15, 0.2) is 0 Å². The maximum atomic E-state index is 3.60. The topological polar surface area (TPSA) is 15.3 Å². The van der Waals surface area contributed by atoms with Crippen molar-refractivity contribution in [3.63, 3.8) is 0 Å². The lowest BCUT2D eigenvalue weighted by Gasteiger charge is -2.27.